The van der Waals surface area contributed by atoms with Crippen molar-refractivity contribution in [2.24, 2.45) is 7.05 Å². The zero-order valence-corrected chi connectivity index (χ0v) is 13.1. The number of hydrogen-bond donors (Lipinski definition) is 1. The van der Waals surface area contributed by atoms with Gasteiger partial charge >= 0.3 is 5.97 Å². The van der Waals surface area contributed by atoms with Crippen LogP contribution in [-0.4, -0.2) is 25.4 Å². The van der Waals surface area contributed by atoms with Gasteiger partial charge in [0.05, 0.1) is 11.2 Å². The van der Waals surface area contributed by atoms with Crippen molar-refractivity contribution in [3.63, 3.8) is 0 Å². The Hall–Kier alpha value is -2.89. The van der Waals surface area contributed by atoms with E-state index in [1.807, 2.05) is 23.9 Å². The summed E-state index contributed by atoms with van der Waals surface area (Å²) in [6.45, 7) is 0. The van der Waals surface area contributed by atoms with E-state index in [9.17, 15) is 9.18 Å². The molecule has 0 bridgehead atoms. The smallest absolute Gasteiger partial charge is 0.328 e. The number of halogens is 1. The molecule has 3 aromatic rings. The van der Waals surface area contributed by atoms with Gasteiger partial charge < -0.3 is 9.67 Å². The van der Waals surface area contributed by atoms with E-state index >= 15 is 0 Å². The molecule has 1 saturated carbocycles. The molecule has 2 aromatic heterocycles. The summed E-state index contributed by atoms with van der Waals surface area (Å²) in [5, 5.41) is 14.4. The summed E-state index contributed by atoms with van der Waals surface area (Å²) >= 11 is 0. The van der Waals surface area contributed by atoms with Crippen LogP contribution in [0.4, 0.5) is 4.39 Å². The third-order valence-corrected chi connectivity index (χ3v) is 4.32. The maximum absolute atomic E-state index is 13.4. The van der Waals surface area contributed by atoms with E-state index < -0.39 is 5.97 Å². The molecule has 4 rings (SSSR count). The normalized spacial score (nSPS) is 14.8. The number of nitrogens with zero attached hydrogens (tertiary/aromatic N) is 3. The SMILES string of the molecule is Cn1nc(C2CC2)c(C=CC(=O)O)c1-n1ccc2cc(F)ccc21. The number of hydrogen-bond acceptors (Lipinski definition) is 2. The molecule has 1 N–H and O–H groups in total. The molecule has 1 aromatic carbocycles. The molecule has 2 heterocycles. The summed E-state index contributed by atoms with van der Waals surface area (Å²) in [5.41, 5.74) is 2.59. The van der Waals surface area contributed by atoms with Crippen LogP contribution in [0.3, 0.4) is 0 Å². The molecule has 1 fully saturated rings. The standard InChI is InChI=1S/C18H16FN3O2/c1-21-18(22-9-8-12-10-13(19)4-6-15(12)22)14(5-7-16(23)24)17(20-21)11-2-3-11/h4-11H,2-3H2,1H3,(H,23,24). The van der Waals surface area contributed by atoms with E-state index in [1.165, 1.54) is 12.1 Å². The molecule has 0 aliphatic heterocycles. The second-order valence-corrected chi connectivity index (χ2v) is 6.08. The molecule has 0 atom stereocenters. The predicted molar refractivity (Wildman–Crippen MR) is 88.6 cm³/mol. The molecular weight excluding hydrogens is 309 g/mol. The van der Waals surface area contributed by atoms with Gasteiger partial charge in [-0.3, -0.25) is 4.68 Å². The van der Waals surface area contributed by atoms with E-state index in [1.54, 1.807) is 16.8 Å². The number of carboxylic acid groups (broad SMARTS) is 1. The van der Waals surface area contributed by atoms with Crippen LogP contribution in [0.1, 0.15) is 30.0 Å². The minimum absolute atomic E-state index is 0.282. The third-order valence-electron chi connectivity index (χ3n) is 4.32. The summed E-state index contributed by atoms with van der Waals surface area (Å²) in [6.07, 6.45) is 6.74. The number of benzene rings is 1. The quantitative estimate of drug-likeness (QED) is 0.747. The second-order valence-electron chi connectivity index (χ2n) is 6.08. The summed E-state index contributed by atoms with van der Waals surface area (Å²) in [7, 11) is 1.84. The Morgan fingerprint density at radius 1 is 1.38 bits per heavy atom. The first-order valence-corrected chi connectivity index (χ1v) is 7.79. The number of aryl methyl sites for hydroxylation is 1. The van der Waals surface area contributed by atoms with Gasteiger partial charge in [-0.1, -0.05) is 0 Å². The van der Waals surface area contributed by atoms with Gasteiger partial charge in [-0.2, -0.15) is 5.10 Å². The van der Waals surface area contributed by atoms with E-state index in [2.05, 4.69) is 5.10 Å². The summed E-state index contributed by atoms with van der Waals surface area (Å²) < 4.78 is 17.1. The van der Waals surface area contributed by atoms with Crippen molar-refractivity contribution in [2.45, 2.75) is 18.8 Å². The number of carboxylic acids is 1. The Morgan fingerprint density at radius 3 is 2.88 bits per heavy atom. The summed E-state index contributed by atoms with van der Waals surface area (Å²) in [5.74, 6) is -0.102. The van der Waals surface area contributed by atoms with Gasteiger partial charge in [0.25, 0.3) is 0 Å². The van der Waals surface area contributed by atoms with Crippen molar-refractivity contribution in [1.82, 2.24) is 14.3 Å². The first-order chi connectivity index (χ1) is 11.5. The van der Waals surface area contributed by atoms with Crippen molar-refractivity contribution >= 4 is 22.9 Å². The average molecular weight is 325 g/mol. The third kappa shape index (κ3) is 2.40. The molecule has 1 aliphatic rings. The molecule has 0 unspecified atom stereocenters. The van der Waals surface area contributed by atoms with Crippen molar-refractivity contribution < 1.29 is 14.3 Å². The Kier molecular flexibility index (Phi) is 3.26. The zero-order chi connectivity index (χ0) is 16.8. The fourth-order valence-corrected chi connectivity index (χ4v) is 3.11. The molecule has 0 saturated heterocycles. The lowest BCUT2D eigenvalue weighted by atomic mass is 10.1. The number of aliphatic carboxylic acids is 1. The van der Waals surface area contributed by atoms with Crippen LogP contribution in [0.5, 0.6) is 0 Å². The zero-order valence-electron chi connectivity index (χ0n) is 13.1. The van der Waals surface area contributed by atoms with Crippen LogP contribution < -0.4 is 0 Å². The van der Waals surface area contributed by atoms with Gasteiger partial charge in [-0.25, -0.2) is 9.18 Å². The first kappa shape index (κ1) is 14.7. The molecule has 6 heteroatoms. The van der Waals surface area contributed by atoms with Gasteiger partial charge in [0.2, 0.25) is 0 Å². The van der Waals surface area contributed by atoms with E-state index in [0.717, 1.165) is 46.9 Å². The van der Waals surface area contributed by atoms with Gasteiger partial charge in [0.1, 0.15) is 11.6 Å². The Bertz CT molecular complexity index is 980. The minimum atomic E-state index is -0.994. The van der Waals surface area contributed by atoms with Gasteiger partial charge in [0.15, 0.2) is 0 Å². The molecule has 1 aliphatic carbocycles. The van der Waals surface area contributed by atoms with Crippen molar-refractivity contribution in [2.75, 3.05) is 0 Å². The van der Waals surface area contributed by atoms with Crippen molar-refractivity contribution in [3.8, 4) is 5.82 Å². The van der Waals surface area contributed by atoms with Crippen LogP contribution in [0, 0.1) is 5.82 Å². The molecular formula is C18H16FN3O2. The van der Waals surface area contributed by atoms with Crippen LogP contribution in [0.25, 0.3) is 22.8 Å². The molecule has 0 radical (unpaired) electrons. The highest BCUT2D eigenvalue weighted by Gasteiger charge is 2.31. The maximum atomic E-state index is 13.4. The predicted octanol–water partition coefficient (Wildman–Crippen LogP) is 3.48. The van der Waals surface area contributed by atoms with Crippen molar-refractivity contribution in [1.29, 1.82) is 0 Å². The first-order valence-electron chi connectivity index (χ1n) is 7.79. The lowest BCUT2D eigenvalue weighted by molar-refractivity contribution is -0.131. The van der Waals surface area contributed by atoms with Crippen LogP contribution in [-0.2, 0) is 11.8 Å². The second kappa shape index (κ2) is 5.33. The van der Waals surface area contributed by atoms with Crippen LogP contribution >= 0.6 is 0 Å². The number of carbonyl (C=O) groups is 1. The van der Waals surface area contributed by atoms with E-state index in [4.69, 9.17) is 5.11 Å². The monoisotopic (exact) mass is 325 g/mol. The molecule has 0 spiro atoms. The highest BCUT2D eigenvalue weighted by atomic mass is 19.1. The van der Waals surface area contributed by atoms with Gasteiger partial charge in [0, 0.05) is 36.2 Å². The number of rotatable bonds is 4. The lowest BCUT2D eigenvalue weighted by Crippen LogP contribution is -2.03. The Labute approximate surface area is 137 Å². The highest BCUT2D eigenvalue weighted by Crippen LogP contribution is 2.43. The summed E-state index contributed by atoms with van der Waals surface area (Å²) in [4.78, 5) is 11.0. The number of fused-ring (bicyclic) bond motifs is 1. The largest absolute Gasteiger partial charge is 0.478 e. The average Bonchev–Trinajstić information content (AvgIpc) is 3.22. The van der Waals surface area contributed by atoms with Gasteiger partial charge in [-0.05, 0) is 43.2 Å². The Morgan fingerprint density at radius 2 is 2.17 bits per heavy atom. The highest BCUT2D eigenvalue weighted by molar-refractivity contribution is 5.87. The molecule has 24 heavy (non-hydrogen) atoms. The molecule has 122 valence electrons. The van der Waals surface area contributed by atoms with Crippen LogP contribution in [0.15, 0.2) is 36.5 Å². The fourth-order valence-electron chi connectivity index (χ4n) is 3.11. The topological polar surface area (TPSA) is 60.1 Å². The molecule has 5 nitrogen and oxygen atoms in total. The lowest BCUT2D eigenvalue weighted by Gasteiger charge is -2.08. The van der Waals surface area contributed by atoms with E-state index in [0.29, 0.717) is 5.92 Å². The maximum Gasteiger partial charge on any atom is 0.328 e. The summed E-state index contributed by atoms with van der Waals surface area (Å²) in [6, 6.07) is 6.46. The Balaban J connectivity index is 1.94. The van der Waals surface area contributed by atoms with Crippen LogP contribution in [0.2, 0.25) is 0 Å². The van der Waals surface area contributed by atoms with Crippen molar-refractivity contribution in [3.05, 3.63) is 53.6 Å². The number of aromatic nitrogens is 3. The van der Waals surface area contributed by atoms with E-state index in [-0.39, 0.29) is 5.82 Å². The molecule has 0 amide bonds. The fraction of sp³-hybridized carbons (Fsp3) is 0.222. The van der Waals surface area contributed by atoms with Gasteiger partial charge in [-0.15, -0.1) is 0 Å². The minimum Gasteiger partial charge on any atom is -0.478 e.